The number of methoxy groups -OCH3 is 2. The summed E-state index contributed by atoms with van der Waals surface area (Å²) < 4.78 is 35.7. The summed E-state index contributed by atoms with van der Waals surface area (Å²) in [6.45, 7) is 0.161. The lowest BCUT2D eigenvalue weighted by Gasteiger charge is -2.14. The summed E-state index contributed by atoms with van der Waals surface area (Å²) in [5.41, 5.74) is 0.139. The van der Waals surface area contributed by atoms with Gasteiger partial charge in [-0.1, -0.05) is 6.07 Å². The zero-order chi connectivity index (χ0) is 13.5. The van der Waals surface area contributed by atoms with E-state index in [1.807, 2.05) is 0 Å². The number of halogens is 2. The van der Waals surface area contributed by atoms with Crippen LogP contribution in [0.1, 0.15) is 5.56 Å². The summed E-state index contributed by atoms with van der Waals surface area (Å²) in [5, 5.41) is 2.53. The number of amides is 1. The van der Waals surface area contributed by atoms with Gasteiger partial charge in [0, 0.05) is 20.3 Å². The lowest BCUT2D eigenvalue weighted by atomic mass is 10.1. The van der Waals surface area contributed by atoms with Gasteiger partial charge in [0.2, 0.25) is 5.91 Å². The molecule has 1 aromatic carbocycles. The first-order valence-corrected chi connectivity index (χ1v) is 5.33. The molecule has 1 aromatic rings. The minimum Gasteiger partial charge on any atom is -0.354 e. The third-order valence-electron chi connectivity index (χ3n) is 2.36. The number of ether oxygens (including phenoxy) is 2. The van der Waals surface area contributed by atoms with Crippen molar-refractivity contribution in [1.82, 2.24) is 5.32 Å². The minimum atomic E-state index is -0.736. The van der Waals surface area contributed by atoms with Crippen molar-refractivity contribution in [3.63, 3.8) is 0 Å². The van der Waals surface area contributed by atoms with Crippen molar-refractivity contribution in [3.8, 4) is 0 Å². The molecule has 0 heterocycles. The molecule has 6 heteroatoms. The molecule has 0 aliphatic heterocycles. The largest absolute Gasteiger partial charge is 0.354 e. The van der Waals surface area contributed by atoms with E-state index < -0.39 is 17.9 Å². The maximum absolute atomic E-state index is 13.3. The number of benzene rings is 1. The Kier molecular flexibility index (Phi) is 5.67. The van der Waals surface area contributed by atoms with Crippen LogP contribution >= 0.6 is 0 Å². The van der Waals surface area contributed by atoms with Crippen LogP contribution in [0, 0.1) is 11.6 Å². The molecule has 0 fully saturated rings. The summed E-state index contributed by atoms with van der Waals surface area (Å²) >= 11 is 0. The lowest BCUT2D eigenvalue weighted by molar-refractivity contribution is -0.126. The monoisotopic (exact) mass is 259 g/mol. The van der Waals surface area contributed by atoms with Gasteiger partial charge in [-0.3, -0.25) is 4.79 Å². The molecule has 0 aliphatic carbocycles. The van der Waals surface area contributed by atoms with Crippen LogP contribution in [0.15, 0.2) is 18.2 Å². The van der Waals surface area contributed by atoms with E-state index in [0.717, 1.165) is 12.1 Å². The molecule has 1 amide bonds. The molecule has 1 rings (SSSR count). The summed E-state index contributed by atoms with van der Waals surface area (Å²) in [6.07, 6.45) is -0.710. The van der Waals surface area contributed by atoms with Gasteiger partial charge < -0.3 is 14.8 Å². The van der Waals surface area contributed by atoms with E-state index in [-0.39, 0.29) is 24.4 Å². The maximum atomic E-state index is 13.3. The number of carbonyl (C=O) groups is 1. The van der Waals surface area contributed by atoms with E-state index in [0.29, 0.717) is 0 Å². The van der Waals surface area contributed by atoms with Crippen molar-refractivity contribution < 1.29 is 23.0 Å². The van der Waals surface area contributed by atoms with Crippen molar-refractivity contribution in [2.75, 3.05) is 20.8 Å². The average Bonchev–Trinajstić information content (AvgIpc) is 2.34. The first kappa shape index (κ1) is 14.5. The zero-order valence-corrected chi connectivity index (χ0v) is 10.2. The van der Waals surface area contributed by atoms with Crippen LogP contribution in [0.3, 0.4) is 0 Å². The number of hydrogen-bond acceptors (Lipinski definition) is 3. The van der Waals surface area contributed by atoms with Crippen molar-refractivity contribution in [2.45, 2.75) is 12.7 Å². The Balaban J connectivity index is 2.49. The second kappa shape index (κ2) is 7.03. The Labute approximate surface area is 104 Å². The van der Waals surface area contributed by atoms with Gasteiger partial charge in [0.25, 0.3) is 0 Å². The van der Waals surface area contributed by atoms with Crippen LogP contribution in [-0.4, -0.2) is 33.0 Å². The molecule has 0 aliphatic rings. The summed E-state index contributed by atoms with van der Waals surface area (Å²) in [4.78, 5) is 11.5. The fourth-order valence-corrected chi connectivity index (χ4v) is 1.36. The SMILES string of the molecule is COC(CNC(=O)Cc1ccc(F)cc1F)OC. The maximum Gasteiger partial charge on any atom is 0.224 e. The molecule has 0 saturated heterocycles. The topological polar surface area (TPSA) is 47.6 Å². The highest BCUT2D eigenvalue weighted by Gasteiger charge is 2.11. The Morgan fingerprint density at radius 3 is 2.56 bits per heavy atom. The van der Waals surface area contributed by atoms with E-state index in [1.54, 1.807) is 0 Å². The van der Waals surface area contributed by atoms with Gasteiger partial charge in [0.15, 0.2) is 6.29 Å². The second-order valence-electron chi connectivity index (χ2n) is 3.62. The molecule has 0 bridgehead atoms. The van der Waals surface area contributed by atoms with E-state index in [2.05, 4.69) is 5.32 Å². The number of hydrogen-bond donors (Lipinski definition) is 1. The zero-order valence-electron chi connectivity index (χ0n) is 10.2. The van der Waals surface area contributed by atoms with Gasteiger partial charge in [0.1, 0.15) is 11.6 Å². The van der Waals surface area contributed by atoms with Gasteiger partial charge >= 0.3 is 0 Å². The Hall–Kier alpha value is -1.53. The fourth-order valence-electron chi connectivity index (χ4n) is 1.36. The molecule has 0 radical (unpaired) electrons. The second-order valence-corrected chi connectivity index (χ2v) is 3.62. The molecule has 18 heavy (non-hydrogen) atoms. The van der Waals surface area contributed by atoms with Crippen molar-refractivity contribution in [3.05, 3.63) is 35.4 Å². The Morgan fingerprint density at radius 1 is 1.33 bits per heavy atom. The number of rotatable bonds is 6. The van der Waals surface area contributed by atoms with E-state index in [4.69, 9.17) is 9.47 Å². The Bertz CT molecular complexity index is 408. The smallest absolute Gasteiger partial charge is 0.224 e. The average molecular weight is 259 g/mol. The van der Waals surface area contributed by atoms with Crippen LogP contribution in [0.4, 0.5) is 8.78 Å². The molecule has 1 N–H and O–H groups in total. The van der Waals surface area contributed by atoms with Crippen molar-refractivity contribution in [1.29, 1.82) is 0 Å². The van der Waals surface area contributed by atoms with Gasteiger partial charge in [-0.15, -0.1) is 0 Å². The molecular weight excluding hydrogens is 244 g/mol. The van der Waals surface area contributed by atoms with Crippen molar-refractivity contribution >= 4 is 5.91 Å². The van der Waals surface area contributed by atoms with Crippen LogP contribution in [-0.2, 0) is 20.7 Å². The van der Waals surface area contributed by atoms with Crippen LogP contribution < -0.4 is 5.32 Å². The molecule has 0 unspecified atom stereocenters. The van der Waals surface area contributed by atoms with Crippen molar-refractivity contribution in [2.24, 2.45) is 0 Å². The minimum absolute atomic E-state index is 0.139. The first-order chi connectivity index (χ1) is 8.56. The summed E-state index contributed by atoms with van der Waals surface area (Å²) in [6, 6.07) is 3.10. The van der Waals surface area contributed by atoms with Gasteiger partial charge in [-0.25, -0.2) is 8.78 Å². The highest BCUT2D eigenvalue weighted by Crippen LogP contribution is 2.10. The molecule has 0 atom stereocenters. The highest BCUT2D eigenvalue weighted by atomic mass is 19.1. The summed E-state index contributed by atoms with van der Waals surface area (Å²) in [7, 11) is 2.89. The van der Waals surface area contributed by atoms with Gasteiger partial charge in [0.05, 0.1) is 13.0 Å². The van der Waals surface area contributed by atoms with Crippen LogP contribution in [0.25, 0.3) is 0 Å². The lowest BCUT2D eigenvalue weighted by Crippen LogP contribution is -2.35. The number of nitrogens with one attached hydrogen (secondary N) is 1. The standard InChI is InChI=1S/C12H15F2NO3/c1-17-12(18-2)7-15-11(16)5-8-3-4-9(13)6-10(8)14/h3-4,6,12H,5,7H2,1-2H3,(H,15,16). The molecule has 0 aromatic heterocycles. The molecule has 100 valence electrons. The molecular formula is C12H15F2NO3. The molecule has 4 nitrogen and oxygen atoms in total. The third kappa shape index (κ3) is 4.38. The third-order valence-corrected chi connectivity index (χ3v) is 2.36. The fraction of sp³-hybridized carbons (Fsp3) is 0.417. The molecule has 0 saturated carbocycles. The highest BCUT2D eigenvalue weighted by molar-refractivity contribution is 5.78. The predicted molar refractivity (Wildman–Crippen MR) is 60.9 cm³/mol. The van der Waals surface area contributed by atoms with Crippen LogP contribution in [0.2, 0.25) is 0 Å². The summed E-state index contributed by atoms with van der Waals surface area (Å²) in [5.74, 6) is -1.80. The Morgan fingerprint density at radius 2 is 2.00 bits per heavy atom. The van der Waals surface area contributed by atoms with E-state index in [9.17, 15) is 13.6 Å². The predicted octanol–water partition coefficient (Wildman–Crippen LogP) is 1.24. The van der Waals surface area contributed by atoms with E-state index in [1.165, 1.54) is 20.3 Å². The normalized spacial score (nSPS) is 10.7. The number of carbonyl (C=O) groups excluding carboxylic acids is 1. The first-order valence-electron chi connectivity index (χ1n) is 5.33. The van der Waals surface area contributed by atoms with E-state index >= 15 is 0 Å². The van der Waals surface area contributed by atoms with Gasteiger partial charge in [-0.05, 0) is 11.6 Å². The van der Waals surface area contributed by atoms with Gasteiger partial charge in [-0.2, -0.15) is 0 Å². The quantitative estimate of drug-likeness (QED) is 0.782. The van der Waals surface area contributed by atoms with Crippen LogP contribution in [0.5, 0.6) is 0 Å². The molecule has 0 spiro atoms.